The standard InChI is InChI=1S/C13H16N4O/c14-10-2-1-5-17(7-10)13(18)9-3-4-11-12(6-9)16-8-15-11/h3-4,6,8,10H,1-2,5,7,14H2,(H,15,16)/t10-/m1/s1. The number of aromatic nitrogens is 2. The average Bonchev–Trinajstić information content (AvgIpc) is 2.85. The summed E-state index contributed by atoms with van der Waals surface area (Å²) in [5.41, 5.74) is 8.37. The van der Waals surface area contributed by atoms with Crippen LogP contribution in [0.1, 0.15) is 23.2 Å². The number of nitrogens with zero attached hydrogens (tertiary/aromatic N) is 2. The van der Waals surface area contributed by atoms with Crippen LogP contribution in [0.15, 0.2) is 24.5 Å². The molecule has 18 heavy (non-hydrogen) atoms. The van der Waals surface area contributed by atoms with Gasteiger partial charge in [0.15, 0.2) is 0 Å². The van der Waals surface area contributed by atoms with Crippen LogP contribution in [0.3, 0.4) is 0 Å². The van der Waals surface area contributed by atoms with Crippen LogP contribution in [0.2, 0.25) is 0 Å². The SMILES string of the molecule is N[C@@H]1CCCN(C(=O)c2ccc3nc[nH]c3c2)C1. The number of amides is 1. The van der Waals surface area contributed by atoms with Gasteiger partial charge in [0.2, 0.25) is 0 Å². The molecule has 5 heteroatoms. The molecule has 1 atom stereocenters. The third-order valence-electron chi connectivity index (χ3n) is 3.41. The monoisotopic (exact) mass is 244 g/mol. The summed E-state index contributed by atoms with van der Waals surface area (Å²) in [5.74, 6) is 0.0571. The first-order valence-corrected chi connectivity index (χ1v) is 6.22. The van der Waals surface area contributed by atoms with Gasteiger partial charge in [-0.3, -0.25) is 4.79 Å². The summed E-state index contributed by atoms with van der Waals surface area (Å²) >= 11 is 0. The minimum absolute atomic E-state index is 0.0571. The van der Waals surface area contributed by atoms with Gasteiger partial charge in [-0.25, -0.2) is 4.98 Å². The molecule has 0 unspecified atom stereocenters. The van der Waals surface area contributed by atoms with Crippen LogP contribution >= 0.6 is 0 Å². The molecule has 1 aromatic heterocycles. The van der Waals surface area contributed by atoms with Crippen molar-refractivity contribution in [3.63, 3.8) is 0 Å². The number of imidazole rings is 1. The maximum Gasteiger partial charge on any atom is 0.253 e. The molecule has 1 aliphatic heterocycles. The number of hydrogen-bond donors (Lipinski definition) is 2. The first kappa shape index (κ1) is 11.2. The van der Waals surface area contributed by atoms with Crippen LogP contribution in [-0.4, -0.2) is 39.9 Å². The molecule has 1 amide bonds. The van der Waals surface area contributed by atoms with Gasteiger partial charge in [0, 0.05) is 24.7 Å². The lowest BCUT2D eigenvalue weighted by Gasteiger charge is -2.30. The predicted octanol–water partition coefficient (Wildman–Crippen LogP) is 1.13. The Hall–Kier alpha value is -1.88. The zero-order chi connectivity index (χ0) is 12.5. The maximum absolute atomic E-state index is 12.3. The van der Waals surface area contributed by atoms with Crippen molar-refractivity contribution in [2.45, 2.75) is 18.9 Å². The highest BCUT2D eigenvalue weighted by atomic mass is 16.2. The van der Waals surface area contributed by atoms with Gasteiger partial charge in [-0.1, -0.05) is 0 Å². The second-order valence-electron chi connectivity index (χ2n) is 4.79. The van der Waals surface area contributed by atoms with Gasteiger partial charge in [0.1, 0.15) is 0 Å². The second kappa shape index (κ2) is 4.42. The highest BCUT2D eigenvalue weighted by Gasteiger charge is 2.22. The molecule has 0 spiro atoms. The number of likely N-dealkylation sites (tertiary alicyclic amines) is 1. The molecule has 5 nitrogen and oxygen atoms in total. The van der Waals surface area contributed by atoms with E-state index in [4.69, 9.17) is 5.73 Å². The fraction of sp³-hybridized carbons (Fsp3) is 0.385. The molecule has 1 fully saturated rings. The fourth-order valence-electron chi connectivity index (χ4n) is 2.45. The van der Waals surface area contributed by atoms with E-state index in [1.165, 1.54) is 0 Å². The highest BCUT2D eigenvalue weighted by Crippen LogP contribution is 2.16. The number of fused-ring (bicyclic) bond motifs is 1. The van der Waals surface area contributed by atoms with Crippen molar-refractivity contribution >= 4 is 16.9 Å². The Kier molecular flexibility index (Phi) is 2.76. The van der Waals surface area contributed by atoms with Crippen molar-refractivity contribution in [3.05, 3.63) is 30.1 Å². The summed E-state index contributed by atoms with van der Waals surface area (Å²) in [4.78, 5) is 21.3. The van der Waals surface area contributed by atoms with E-state index in [2.05, 4.69) is 9.97 Å². The molecule has 3 N–H and O–H groups in total. The normalized spacial score (nSPS) is 20.3. The Bertz CT molecular complexity index is 577. The first-order valence-electron chi connectivity index (χ1n) is 6.22. The lowest BCUT2D eigenvalue weighted by Crippen LogP contribution is -2.45. The number of hydrogen-bond acceptors (Lipinski definition) is 3. The van der Waals surface area contributed by atoms with E-state index in [0.29, 0.717) is 12.1 Å². The van der Waals surface area contributed by atoms with Crippen molar-refractivity contribution in [2.24, 2.45) is 5.73 Å². The molecule has 0 bridgehead atoms. The lowest BCUT2D eigenvalue weighted by molar-refractivity contribution is 0.0709. The van der Waals surface area contributed by atoms with Crippen LogP contribution < -0.4 is 5.73 Å². The van der Waals surface area contributed by atoms with E-state index < -0.39 is 0 Å². The van der Waals surface area contributed by atoms with Gasteiger partial charge in [-0.2, -0.15) is 0 Å². The Morgan fingerprint density at radius 3 is 3.22 bits per heavy atom. The van der Waals surface area contributed by atoms with Gasteiger partial charge >= 0.3 is 0 Å². The second-order valence-corrected chi connectivity index (χ2v) is 4.79. The Morgan fingerprint density at radius 2 is 2.39 bits per heavy atom. The maximum atomic E-state index is 12.3. The number of piperidine rings is 1. The van der Waals surface area contributed by atoms with Gasteiger partial charge in [0.05, 0.1) is 17.4 Å². The third-order valence-corrected chi connectivity index (χ3v) is 3.41. The summed E-state index contributed by atoms with van der Waals surface area (Å²) in [6, 6.07) is 5.65. The summed E-state index contributed by atoms with van der Waals surface area (Å²) < 4.78 is 0. The van der Waals surface area contributed by atoms with Crippen LogP contribution in [-0.2, 0) is 0 Å². The van der Waals surface area contributed by atoms with Gasteiger partial charge < -0.3 is 15.6 Å². The van der Waals surface area contributed by atoms with E-state index in [9.17, 15) is 4.79 Å². The number of H-pyrrole nitrogens is 1. The molecule has 0 radical (unpaired) electrons. The smallest absolute Gasteiger partial charge is 0.253 e. The molecule has 3 rings (SSSR count). The molecular weight excluding hydrogens is 228 g/mol. The molecule has 94 valence electrons. The summed E-state index contributed by atoms with van der Waals surface area (Å²) in [6.07, 6.45) is 3.62. The number of aromatic amines is 1. The summed E-state index contributed by atoms with van der Waals surface area (Å²) in [6.45, 7) is 1.45. The van der Waals surface area contributed by atoms with Crippen molar-refractivity contribution in [1.82, 2.24) is 14.9 Å². The Balaban J connectivity index is 1.86. The number of nitrogens with one attached hydrogen (secondary N) is 1. The number of benzene rings is 1. The molecular formula is C13H16N4O. The topological polar surface area (TPSA) is 75.0 Å². The third kappa shape index (κ3) is 1.97. The zero-order valence-corrected chi connectivity index (χ0v) is 10.1. The van der Waals surface area contributed by atoms with Crippen molar-refractivity contribution in [1.29, 1.82) is 0 Å². The number of carbonyl (C=O) groups excluding carboxylic acids is 1. The molecule has 1 saturated heterocycles. The first-order chi connectivity index (χ1) is 8.74. The predicted molar refractivity (Wildman–Crippen MR) is 69.2 cm³/mol. The molecule has 2 heterocycles. The van der Waals surface area contributed by atoms with Crippen LogP contribution in [0.5, 0.6) is 0 Å². The van der Waals surface area contributed by atoms with Crippen molar-refractivity contribution < 1.29 is 4.79 Å². The van der Waals surface area contributed by atoms with Crippen LogP contribution in [0.25, 0.3) is 11.0 Å². The number of nitrogens with two attached hydrogens (primary N) is 1. The minimum Gasteiger partial charge on any atom is -0.345 e. The Labute approximate surface area is 105 Å². The lowest BCUT2D eigenvalue weighted by atomic mass is 10.1. The highest BCUT2D eigenvalue weighted by molar-refractivity contribution is 5.97. The largest absolute Gasteiger partial charge is 0.345 e. The summed E-state index contributed by atoms with van der Waals surface area (Å²) in [7, 11) is 0. The fourth-order valence-corrected chi connectivity index (χ4v) is 2.45. The van der Waals surface area contributed by atoms with Crippen molar-refractivity contribution in [2.75, 3.05) is 13.1 Å². The van der Waals surface area contributed by atoms with E-state index >= 15 is 0 Å². The Morgan fingerprint density at radius 1 is 1.50 bits per heavy atom. The minimum atomic E-state index is 0.0571. The zero-order valence-electron chi connectivity index (χ0n) is 10.1. The van der Waals surface area contributed by atoms with Crippen LogP contribution in [0, 0.1) is 0 Å². The summed E-state index contributed by atoms with van der Waals surface area (Å²) in [5, 5.41) is 0. The van der Waals surface area contributed by atoms with Gasteiger partial charge in [-0.05, 0) is 31.0 Å². The van der Waals surface area contributed by atoms with Crippen LogP contribution in [0.4, 0.5) is 0 Å². The quantitative estimate of drug-likeness (QED) is 0.789. The van der Waals surface area contributed by atoms with E-state index in [1.807, 2.05) is 23.1 Å². The van der Waals surface area contributed by atoms with E-state index in [-0.39, 0.29) is 11.9 Å². The van der Waals surface area contributed by atoms with E-state index in [0.717, 1.165) is 30.4 Å². The molecule has 1 aliphatic rings. The molecule has 0 aliphatic carbocycles. The number of carbonyl (C=O) groups is 1. The van der Waals surface area contributed by atoms with Gasteiger partial charge in [0.25, 0.3) is 5.91 Å². The molecule has 2 aromatic rings. The molecule has 1 aromatic carbocycles. The number of rotatable bonds is 1. The van der Waals surface area contributed by atoms with Gasteiger partial charge in [-0.15, -0.1) is 0 Å². The van der Waals surface area contributed by atoms with E-state index in [1.54, 1.807) is 6.33 Å². The van der Waals surface area contributed by atoms with Crippen molar-refractivity contribution in [3.8, 4) is 0 Å². The molecule has 0 saturated carbocycles. The average molecular weight is 244 g/mol.